The molecule has 0 unspecified atom stereocenters. The second-order valence-corrected chi connectivity index (χ2v) is 4.34. The number of piperidine rings is 1. The largest absolute Gasteiger partial charge is 0.481 e. The first-order valence-corrected chi connectivity index (χ1v) is 5.43. The lowest BCUT2D eigenvalue weighted by Gasteiger charge is -2.41. The van der Waals surface area contributed by atoms with Crippen LogP contribution in [0.3, 0.4) is 0 Å². The summed E-state index contributed by atoms with van der Waals surface area (Å²) < 4.78 is 0.927. The van der Waals surface area contributed by atoms with Crippen molar-refractivity contribution in [1.29, 1.82) is 0 Å². The van der Waals surface area contributed by atoms with Crippen molar-refractivity contribution in [3.63, 3.8) is 0 Å². The lowest BCUT2D eigenvalue weighted by atomic mass is 9.95. The first-order valence-electron chi connectivity index (χ1n) is 5.43. The van der Waals surface area contributed by atoms with E-state index < -0.39 is 5.97 Å². The van der Waals surface area contributed by atoms with Crippen molar-refractivity contribution < 1.29 is 14.4 Å². The van der Waals surface area contributed by atoms with Gasteiger partial charge in [0.2, 0.25) is 0 Å². The van der Waals surface area contributed by atoms with Crippen LogP contribution in [0.2, 0.25) is 0 Å². The van der Waals surface area contributed by atoms with E-state index >= 15 is 0 Å². The standard InChI is InChI=1S/C12H19NO2/c1-3-7-13(8-4-2)9-5-11(6-10-13)12(14)15/h3-4,11H,1-2,5-10H2/p+1. The molecular formula is C12H20NO2+. The van der Waals surface area contributed by atoms with Gasteiger partial charge in [0, 0.05) is 12.8 Å². The van der Waals surface area contributed by atoms with Crippen LogP contribution in [0, 0.1) is 5.92 Å². The Bertz CT molecular complexity index is 240. The van der Waals surface area contributed by atoms with Crippen LogP contribution in [-0.2, 0) is 4.79 Å². The number of likely N-dealkylation sites (tertiary alicyclic amines) is 1. The molecule has 1 heterocycles. The lowest BCUT2D eigenvalue weighted by Crippen LogP contribution is -2.53. The first kappa shape index (κ1) is 12.0. The van der Waals surface area contributed by atoms with Crippen LogP contribution < -0.4 is 0 Å². The maximum absolute atomic E-state index is 10.8. The number of quaternary nitrogens is 1. The molecule has 0 amide bonds. The van der Waals surface area contributed by atoms with Crippen LogP contribution in [0.4, 0.5) is 0 Å². The van der Waals surface area contributed by atoms with E-state index in [0.29, 0.717) is 0 Å². The molecule has 0 aliphatic carbocycles. The minimum Gasteiger partial charge on any atom is -0.481 e. The molecule has 1 aliphatic rings. The maximum Gasteiger partial charge on any atom is 0.306 e. The SMILES string of the molecule is C=CC[N+]1(CC=C)CCC(C(=O)O)CC1. The van der Waals surface area contributed by atoms with Crippen molar-refractivity contribution in [2.75, 3.05) is 26.2 Å². The Kier molecular flexibility index (Phi) is 4.09. The van der Waals surface area contributed by atoms with Crippen LogP contribution >= 0.6 is 0 Å². The number of rotatable bonds is 5. The number of hydrogen-bond acceptors (Lipinski definition) is 1. The predicted octanol–water partition coefficient (Wildman–Crippen LogP) is 1.67. The summed E-state index contributed by atoms with van der Waals surface area (Å²) in [5.74, 6) is -0.795. The Balaban J connectivity index is 2.59. The van der Waals surface area contributed by atoms with Crippen molar-refractivity contribution in [3.8, 4) is 0 Å². The molecule has 0 spiro atoms. The third-order valence-electron chi connectivity index (χ3n) is 3.29. The molecule has 1 aliphatic heterocycles. The molecule has 84 valence electrons. The molecule has 3 heteroatoms. The van der Waals surface area contributed by atoms with Gasteiger partial charge < -0.3 is 9.59 Å². The minimum absolute atomic E-state index is 0.147. The third kappa shape index (κ3) is 2.93. The molecular weight excluding hydrogens is 190 g/mol. The molecule has 1 fully saturated rings. The van der Waals surface area contributed by atoms with E-state index in [1.807, 2.05) is 12.2 Å². The highest BCUT2D eigenvalue weighted by molar-refractivity contribution is 5.69. The van der Waals surface area contributed by atoms with E-state index in [0.717, 1.165) is 43.5 Å². The predicted molar refractivity (Wildman–Crippen MR) is 60.5 cm³/mol. The first-order chi connectivity index (χ1) is 7.13. The quantitative estimate of drug-likeness (QED) is 0.553. The molecule has 15 heavy (non-hydrogen) atoms. The van der Waals surface area contributed by atoms with E-state index in [4.69, 9.17) is 5.11 Å². The van der Waals surface area contributed by atoms with Gasteiger partial charge in [-0.15, -0.1) is 0 Å². The molecule has 1 saturated heterocycles. The summed E-state index contributed by atoms with van der Waals surface area (Å²) in [6.45, 7) is 11.2. The molecule has 0 atom stereocenters. The molecule has 0 aromatic carbocycles. The maximum atomic E-state index is 10.8. The van der Waals surface area contributed by atoms with Gasteiger partial charge >= 0.3 is 5.97 Å². The van der Waals surface area contributed by atoms with E-state index in [2.05, 4.69) is 13.2 Å². The van der Waals surface area contributed by atoms with Crippen molar-refractivity contribution in [3.05, 3.63) is 25.3 Å². The molecule has 0 radical (unpaired) electrons. The molecule has 0 aromatic heterocycles. The zero-order valence-corrected chi connectivity index (χ0v) is 9.19. The lowest BCUT2D eigenvalue weighted by molar-refractivity contribution is -0.922. The summed E-state index contributed by atoms with van der Waals surface area (Å²) >= 11 is 0. The van der Waals surface area contributed by atoms with E-state index in [9.17, 15) is 4.79 Å². The van der Waals surface area contributed by atoms with Crippen LogP contribution in [-0.4, -0.2) is 41.7 Å². The fourth-order valence-corrected chi connectivity index (χ4v) is 2.35. The van der Waals surface area contributed by atoms with Crippen LogP contribution in [0.1, 0.15) is 12.8 Å². The number of nitrogens with zero attached hydrogens (tertiary/aromatic N) is 1. The summed E-state index contributed by atoms with van der Waals surface area (Å²) in [5, 5.41) is 8.92. The summed E-state index contributed by atoms with van der Waals surface area (Å²) in [6, 6.07) is 0. The van der Waals surface area contributed by atoms with Gasteiger partial charge in [-0.1, -0.05) is 13.2 Å². The van der Waals surface area contributed by atoms with Gasteiger partial charge in [0.15, 0.2) is 0 Å². The van der Waals surface area contributed by atoms with Crippen molar-refractivity contribution in [2.45, 2.75) is 12.8 Å². The zero-order chi connectivity index (χ0) is 11.3. The molecule has 0 aromatic rings. The van der Waals surface area contributed by atoms with Gasteiger partial charge in [-0.2, -0.15) is 0 Å². The van der Waals surface area contributed by atoms with Gasteiger partial charge in [-0.3, -0.25) is 4.79 Å². The Morgan fingerprint density at radius 1 is 1.27 bits per heavy atom. The Labute approximate surface area is 91.3 Å². The Hall–Kier alpha value is -1.09. The van der Waals surface area contributed by atoms with E-state index in [1.165, 1.54) is 0 Å². The summed E-state index contributed by atoms with van der Waals surface area (Å²) in [6.07, 6.45) is 5.39. The minimum atomic E-state index is -0.648. The van der Waals surface area contributed by atoms with E-state index in [1.54, 1.807) is 0 Å². The molecule has 0 saturated carbocycles. The van der Waals surface area contributed by atoms with Crippen molar-refractivity contribution in [2.24, 2.45) is 5.92 Å². The van der Waals surface area contributed by atoms with Crippen LogP contribution in [0.25, 0.3) is 0 Å². The second-order valence-electron chi connectivity index (χ2n) is 4.34. The number of hydrogen-bond donors (Lipinski definition) is 1. The van der Waals surface area contributed by atoms with Gasteiger partial charge in [-0.25, -0.2) is 0 Å². The van der Waals surface area contributed by atoms with Gasteiger partial charge in [0.25, 0.3) is 0 Å². The average Bonchev–Trinajstić information content (AvgIpc) is 2.19. The summed E-state index contributed by atoms with van der Waals surface area (Å²) in [7, 11) is 0. The van der Waals surface area contributed by atoms with Gasteiger partial charge in [-0.05, 0) is 12.2 Å². The van der Waals surface area contributed by atoms with Crippen LogP contribution in [0.5, 0.6) is 0 Å². The summed E-state index contributed by atoms with van der Waals surface area (Å²) in [5.41, 5.74) is 0. The number of carboxylic acid groups (broad SMARTS) is 1. The van der Waals surface area contributed by atoms with E-state index in [-0.39, 0.29) is 5.92 Å². The van der Waals surface area contributed by atoms with Crippen molar-refractivity contribution >= 4 is 5.97 Å². The molecule has 1 rings (SSSR count). The molecule has 1 N–H and O–H groups in total. The third-order valence-corrected chi connectivity index (χ3v) is 3.29. The highest BCUT2D eigenvalue weighted by atomic mass is 16.4. The monoisotopic (exact) mass is 210 g/mol. The fraction of sp³-hybridized carbons (Fsp3) is 0.583. The smallest absolute Gasteiger partial charge is 0.306 e. The zero-order valence-electron chi connectivity index (χ0n) is 9.19. The fourth-order valence-electron chi connectivity index (χ4n) is 2.35. The second kappa shape index (κ2) is 5.12. The number of aliphatic carboxylic acids is 1. The van der Waals surface area contributed by atoms with Crippen molar-refractivity contribution in [1.82, 2.24) is 0 Å². The average molecular weight is 210 g/mol. The highest BCUT2D eigenvalue weighted by Crippen LogP contribution is 2.24. The highest BCUT2D eigenvalue weighted by Gasteiger charge is 2.34. The normalized spacial score (nSPS) is 20.8. The summed E-state index contributed by atoms with van der Waals surface area (Å²) in [4.78, 5) is 10.8. The van der Waals surface area contributed by atoms with Crippen LogP contribution in [0.15, 0.2) is 25.3 Å². The molecule has 3 nitrogen and oxygen atoms in total. The Morgan fingerprint density at radius 2 is 1.73 bits per heavy atom. The number of carboxylic acids is 1. The Morgan fingerprint density at radius 3 is 2.07 bits per heavy atom. The van der Waals surface area contributed by atoms with Gasteiger partial charge in [0.05, 0.1) is 32.1 Å². The van der Waals surface area contributed by atoms with Gasteiger partial charge in [0.1, 0.15) is 0 Å². The topological polar surface area (TPSA) is 37.3 Å². The molecule has 0 bridgehead atoms. The number of carbonyl (C=O) groups is 1.